The molecule has 0 radical (unpaired) electrons. The molecule has 2 fully saturated rings. The van der Waals surface area contributed by atoms with Gasteiger partial charge in [0, 0.05) is 34.9 Å². The fourth-order valence-corrected chi connectivity index (χ4v) is 3.97. The van der Waals surface area contributed by atoms with Crippen LogP contribution in [0.2, 0.25) is 0 Å². The van der Waals surface area contributed by atoms with Gasteiger partial charge in [0.25, 0.3) is 0 Å². The molecule has 1 saturated heterocycles. The van der Waals surface area contributed by atoms with E-state index in [1.807, 2.05) is 11.3 Å². The lowest BCUT2D eigenvalue weighted by atomic mass is 10.0. The number of hydrogen-bond donors (Lipinski definition) is 1. The molecular weight excluding hydrogens is 252 g/mol. The van der Waals surface area contributed by atoms with E-state index < -0.39 is 0 Å². The molecule has 0 bridgehead atoms. The average molecular weight is 278 g/mol. The Hall–Kier alpha value is -0.380. The Balaban J connectivity index is 1.46. The first-order valence-corrected chi connectivity index (χ1v) is 8.58. The zero-order valence-electron chi connectivity index (χ0n) is 12.2. The second-order valence-electron chi connectivity index (χ2n) is 6.29. The molecule has 3 rings (SSSR count). The highest BCUT2D eigenvalue weighted by atomic mass is 32.1. The van der Waals surface area contributed by atoms with Gasteiger partial charge in [-0.3, -0.25) is 4.90 Å². The van der Waals surface area contributed by atoms with Crippen LogP contribution in [0.15, 0.2) is 12.1 Å². The minimum Gasteiger partial charge on any atom is -0.314 e. The summed E-state index contributed by atoms with van der Waals surface area (Å²) in [5.41, 5.74) is 0. The maximum atomic E-state index is 3.76. The number of nitrogens with zero attached hydrogens (tertiary/aromatic N) is 1. The molecule has 2 heterocycles. The van der Waals surface area contributed by atoms with Crippen LogP contribution in [0.1, 0.15) is 48.4 Å². The van der Waals surface area contributed by atoms with Gasteiger partial charge in [-0.15, -0.1) is 11.3 Å². The van der Waals surface area contributed by atoms with Crippen molar-refractivity contribution in [1.82, 2.24) is 10.2 Å². The highest BCUT2D eigenvalue weighted by Gasteiger charge is 2.26. The topological polar surface area (TPSA) is 15.3 Å². The van der Waals surface area contributed by atoms with E-state index in [4.69, 9.17) is 0 Å². The van der Waals surface area contributed by atoms with Crippen molar-refractivity contribution in [2.75, 3.05) is 19.6 Å². The first kappa shape index (κ1) is 13.6. The molecule has 19 heavy (non-hydrogen) atoms. The van der Waals surface area contributed by atoms with Crippen LogP contribution in [0.4, 0.5) is 0 Å². The summed E-state index contributed by atoms with van der Waals surface area (Å²) in [6.07, 6.45) is 5.56. The van der Waals surface area contributed by atoms with Gasteiger partial charge >= 0.3 is 0 Å². The summed E-state index contributed by atoms with van der Waals surface area (Å²) in [7, 11) is 0. The molecule has 1 unspecified atom stereocenters. The van der Waals surface area contributed by atoms with Crippen LogP contribution >= 0.6 is 11.3 Å². The van der Waals surface area contributed by atoms with Crippen molar-refractivity contribution in [1.29, 1.82) is 0 Å². The summed E-state index contributed by atoms with van der Waals surface area (Å²) in [5, 5.41) is 3.76. The lowest BCUT2D eigenvalue weighted by Crippen LogP contribution is -2.43. The number of nitrogens with one attached hydrogen (secondary N) is 1. The second-order valence-corrected chi connectivity index (χ2v) is 7.61. The minimum absolute atomic E-state index is 0.600. The number of thiophene rings is 1. The molecule has 1 saturated carbocycles. The largest absolute Gasteiger partial charge is 0.314 e. The van der Waals surface area contributed by atoms with Gasteiger partial charge < -0.3 is 5.32 Å². The van der Waals surface area contributed by atoms with Crippen molar-refractivity contribution < 1.29 is 0 Å². The predicted molar refractivity (Wildman–Crippen MR) is 82.8 cm³/mol. The van der Waals surface area contributed by atoms with Crippen molar-refractivity contribution in [2.45, 2.75) is 51.6 Å². The van der Waals surface area contributed by atoms with E-state index >= 15 is 0 Å². The van der Waals surface area contributed by atoms with Gasteiger partial charge in [0.15, 0.2) is 0 Å². The molecule has 1 atom stereocenters. The number of rotatable bonds is 5. The van der Waals surface area contributed by atoms with E-state index in [0.29, 0.717) is 6.04 Å². The number of likely N-dealkylation sites (tertiary alicyclic amines) is 1. The van der Waals surface area contributed by atoms with E-state index in [-0.39, 0.29) is 0 Å². The Bertz CT molecular complexity index is 403. The quantitative estimate of drug-likeness (QED) is 0.885. The highest BCUT2D eigenvalue weighted by Crippen LogP contribution is 2.30. The predicted octanol–water partition coefficient (Wildman–Crippen LogP) is 3.58. The summed E-state index contributed by atoms with van der Waals surface area (Å²) >= 11 is 1.96. The van der Waals surface area contributed by atoms with Crippen molar-refractivity contribution in [3.8, 4) is 0 Å². The van der Waals surface area contributed by atoms with Gasteiger partial charge in [-0.1, -0.05) is 0 Å². The van der Waals surface area contributed by atoms with Crippen molar-refractivity contribution in [2.24, 2.45) is 5.92 Å². The van der Waals surface area contributed by atoms with Crippen LogP contribution in [-0.2, 0) is 0 Å². The van der Waals surface area contributed by atoms with E-state index in [1.54, 1.807) is 0 Å². The highest BCUT2D eigenvalue weighted by molar-refractivity contribution is 7.12. The lowest BCUT2D eigenvalue weighted by molar-refractivity contribution is 0.154. The third-order valence-electron chi connectivity index (χ3n) is 4.64. The maximum absolute atomic E-state index is 3.76. The first-order chi connectivity index (χ1) is 9.22. The molecule has 1 aliphatic heterocycles. The smallest absolute Gasteiger partial charge is 0.0413 e. The molecule has 106 valence electrons. The van der Waals surface area contributed by atoms with Crippen LogP contribution in [0.25, 0.3) is 0 Å². The summed E-state index contributed by atoms with van der Waals surface area (Å²) in [6.45, 7) is 8.34. The SMILES string of the molecule is Cc1ccc(C(C)N2CCC(NCC3CC3)CC2)s1. The summed E-state index contributed by atoms with van der Waals surface area (Å²) in [4.78, 5) is 5.62. The molecule has 1 aliphatic carbocycles. The first-order valence-electron chi connectivity index (χ1n) is 7.76. The molecule has 0 amide bonds. The van der Waals surface area contributed by atoms with Crippen molar-refractivity contribution >= 4 is 11.3 Å². The Kier molecular flexibility index (Phi) is 4.25. The zero-order valence-corrected chi connectivity index (χ0v) is 13.0. The van der Waals surface area contributed by atoms with Gasteiger partial charge in [0.2, 0.25) is 0 Å². The van der Waals surface area contributed by atoms with E-state index in [1.165, 1.54) is 55.1 Å². The van der Waals surface area contributed by atoms with Gasteiger partial charge in [0.05, 0.1) is 0 Å². The van der Waals surface area contributed by atoms with Gasteiger partial charge in [-0.25, -0.2) is 0 Å². The molecule has 1 aromatic heterocycles. The second kappa shape index (κ2) is 5.94. The Morgan fingerprint density at radius 3 is 2.58 bits per heavy atom. The Morgan fingerprint density at radius 1 is 1.26 bits per heavy atom. The van der Waals surface area contributed by atoms with Crippen molar-refractivity contribution in [3.63, 3.8) is 0 Å². The fourth-order valence-electron chi connectivity index (χ4n) is 3.00. The summed E-state index contributed by atoms with van der Waals surface area (Å²) < 4.78 is 0. The number of hydrogen-bond acceptors (Lipinski definition) is 3. The third kappa shape index (κ3) is 3.59. The van der Waals surface area contributed by atoms with Gasteiger partial charge in [-0.05, 0) is 64.1 Å². The molecule has 1 aromatic rings. The Labute approximate surface area is 121 Å². The number of aryl methyl sites for hydroxylation is 1. The normalized spacial score (nSPS) is 23.7. The van der Waals surface area contributed by atoms with Crippen LogP contribution in [0, 0.1) is 12.8 Å². The van der Waals surface area contributed by atoms with E-state index in [0.717, 1.165) is 12.0 Å². The standard InChI is InChI=1S/C16H26N2S/c1-12-3-6-16(19-12)13(2)18-9-7-15(8-10-18)17-11-14-4-5-14/h3,6,13-15,17H,4-5,7-11H2,1-2H3. The Morgan fingerprint density at radius 2 is 2.00 bits per heavy atom. The molecule has 1 N–H and O–H groups in total. The monoisotopic (exact) mass is 278 g/mol. The van der Waals surface area contributed by atoms with Crippen molar-refractivity contribution in [3.05, 3.63) is 21.9 Å². The maximum Gasteiger partial charge on any atom is 0.0413 e. The number of piperidine rings is 1. The van der Waals surface area contributed by atoms with Gasteiger partial charge in [0.1, 0.15) is 0 Å². The molecule has 3 heteroatoms. The minimum atomic E-state index is 0.600. The lowest BCUT2D eigenvalue weighted by Gasteiger charge is -2.36. The van der Waals surface area contributed by atoms with Crippen LogP contribution in [0.5, 0.6) is 0 Å². The van der Waals surface area contributed by atoms with Gasteiger partial charge in [-0.2, -0.15) is 0 Å². The zero-order chi connectivity index (χ0) is 13.2. The van der Waals surface area contributed by atoms with Crippen LogP contribution in [0.3, 0.4) is 0 Å². The molecule has 0 spiro atoms. The average Bonchev–Trinajstić information content (AvgIpc) is 3.17. The fraction of sp³-hybridized carbons (Fsp3) is 0.750. The molecule has 2 aliphatic rings. The van der Waals surface area contributed by atoms with Crippen LogP contribution < -0.4 is 5.32 Å². The van der Waals surface area contributed by atoms with Crippen LogP contribution in [-0.4, -0.2) is 30.6 Å². The molecule has 0 aromatic carbocycles. The molecule has 2 nitrogen and oxygen atoms in total. The molecular formula is C16H26N2S. The summed E-state index contributed by atoms with van der Waals surface area (Å²) in [5.74, 6) is 1.01. The third-order valence-corrected chi connectivity index (χ3v) is 5.81. The van der Waals surface area contributed by atoms with E-state index in [2.05, 4.69) is 36.2 Å². The summed E-state index contributed by atoms with van der Waals surface area (Å²) in [6, 6.07) is 5.93. The van der Waals surface area contributed by atoms with E-state index in [9.17, 15) is 0 Å².